The maximum absolute atomic E-state index is 13.3. The van der Waals surface area contributed by atoms with E-state index in [1.807, 2.05) is 77.5 Å². The zero-order chi connectivity index (χ0) is 30.0. The highest BCUT2D eigenvalue weighted by Gasteiger charge is 2.25. The molecule has 44 heavy (non-hydrogen) atoms. The lowest BCUT2D eigenvalue weighted by Crippen LogP contribution is -2.86. The Kier molecular flexibility index (Phi) is 7.29. The van der Waals surface area contributed by atoms with Gasteiger partial charge < -0.3 is 30.8 Å². The molecule has 6 N–H and O–H groups in total. The fraction of sp³-hybridized carbons (Fsp3) is 0.212. The Balaban J connectivity index is 1.13. The number of benzene rings is 3. The second-order valence-corrected chi connectivity index (χ2v) is 10.9. The van der Waals surface area contributed by atoms with Gasteiger partial charge in [0.15, 0.2) is 5.65 Å². The number of para-hydroxylation sites is 1. The van der Waals surface area contributed by atoms with Crippen molar-refractivity contribution < 1.29 is 19.6 Å². The molecule has 0 atom stereocenters. The van der Waals surface area contributed by atoms with Crippen molar-refractivity contribution in [1.29, 1.82) is 0 Å². The molecule has 11 nitrogen and oxygen atoms in total. The van der Waals surface area contributed by atoms with Crippen molar-refractivity contribution in [2.24, 2.45) is 0 Å². The molecule has 0 aliphatic carbocycles. The second-order valence-electron chi connectivity index (χ2n) is 10.9. The van der Waals surface area contributed by atoms with Crippen LogP contribution in [-0.2, 0) is 6.61 Å². The molecule has 0 unspecified atom stereocenters. The zero-order valence-electron chi connectivity index (χ0n) is 24.3. The topological polar surface area (TPSA) is 150 Å². The number of piperidine rings is 1. The van der Waals surface area contributed by atoms with E-state index in [4.69, 9.17) is 20.3 Å². The van der Waals surface area contributed by atoms with E-state index in [1.165, 1.54) is 6.33 Å². The van der Waals surface area contributed by atoms with Gasteiger partial charge in [-0.25, -0.2) is 14.6 Å². The number of carbonyl (C=O) groups is 1. The molecule has 0 spiro atoms. The SMILES string of the molecule is COc1cc(-c2nn(C3CC[NH2+]CC3)c3ncnc(N)c23)ccc1NC(=O)c1cc2cc(COc3ccccc3)ccc2[nH]1. The third-order valence-corrected chi connectivity index (χ3v) is 8.07. The monoisotopic (exact) mass is 589 g/mol. The van der Waals surface area contributed by atoms with E-state index < -0.39 is 0 Å². The summed E-state index contributed by atoms with van der Waals surface area (Å²) in [4.78, 5) is 25.3. The number of quaternary nitrogens is 1. The van der Waals surface area contributed by atoms with E-state index >= 15 is 0 Å². The Morgan fingerprint density at radius 2 is 1.91 bits per heavy atom. The summed E-state index contributed by atoms with van der Waals surface area (Å²) in [6, 6.07) is 23.3. The summed E-state index contributed by atoms with van der Waals surface area (Å²) in [7, 11) is 1.57. The molecule has 1 amide bonds. The number of hydrogen-bond acceptors (Lipinski definition) is 7. The minimum atomic E-state index is -0.282. The van der Waals surface area contributed by atoms with Crippen molar-refractivity contribution >= 4 is 39.3 Å². The first-order valence-electron chi connectivity index (χ1n) is 14.7. The molecule has 222 valence electrons. The third kappa shape index (κ3) is 5.29. The maximum atomic E-state index is 13.3. The average molecular weight is 590 g/mol. The number of aromatic amines is 1. The highest BCUT2D eigenvalue weighted by atomic mass is 16.5. The number of H-pyrrole nitrogens is 1. The van der Waals surface area contributed by atoms with Crippen LogP contribution in [0.2, 0.25) is 0 Å². The number of anilines is 2. The molecule has 3 aromatic heterocycles. The highest BCUT2D eigenvalue weighted by Crippen LogP contribution is 2.37. The van der Waals surface area contributed by atoms with Gasteiger partial charge in [-0.15, -0.1) is 0 Å². The minimum Gasteiger partial charge on any atom is -0.495 e. The van der Waals surface area contributed by atoms with Gasteiger partial charge in [-0.3, -0.25) is 4.79 Å². The molecular formula is C33H33N8O3+. The predicted molar refractivity (Wildman–Crippen MR) is 169 cm³/mol. The molecule has 7 rings (SSSR count). The molecule has 3 aromatic carbocycles. The smallest absolute Gasteiger partial charge is 0.272 e. The van der Waals surface area contributed by atoms with Crippen LogP contribution in [0, 0.1) is 0 Å². The Hall–Kier alpha value is -5.42. The molecule has 6 aromatic rings. The first-order valence-corrected chi connectivity index (χ1v) is 14.7. The van der Waals surface area contributed by atoms with Gasteiger partial charge in [0.25, 0.3) is 5.91 Å². The molecule has 1 saturated heterocycles. The molecular weight excluding hydrogens is 556 g/mol. The van der Waals surface area contributed by atoms with E-state index in [2.05, 4.69) is 25.6 Å². The Morgan fingerprint density at radius 1 is 1.07 bits per heavy atom. The Bertz CT molecular complexity index is 1960. The maximum Gasteiger partial charge on any atom is 0.272 e. The van der Waals surface area contributed by atoms with Gasteiger partial charge in [-0.05, 0) is 48.0 Å². The molecule has 1 aliphatic heterocycles. The molecule has 0 bridgehead atoms. The van der Waals surface area contributed by atoms with Crippen LogP contribution >= 0.6 is 0 Å². The van der Waals surface area contributed by atoms with Crippen molar-refractivity contribution in [1.82, 2.24) is 24.7 Å². The normalized spacial score (nSPS) is 13.8. The van der Waals surface area contributed by atoms with Crippen LogP contribution in [0.5, 0.6) is 11.5 Å². The van der Waals surface area contributed by atoms with Crippen LogP contribution in [0.25, 0.3) is 33.2 Å². The lowest BCUT2D eigenvalue weighted by molar-refractivity contribution is -0.664. The van der Waals surface area contributed by atoms with Crippen molar-refractivity contribution in [3.8, 4) is 22.8 Å². The highest BCUT2D eigenvalue weighted by molar-refractivity contribution is 6.07. The van der Waals surface area contributed by atoms with Gasteiger partial charge in [0.1, 0.15) is 41.6 Å². The summed E-state index contributed by atoms with van der Waals surface area (Å²) in [5.74, 6) is 1.40. The standard InChI is InChI=1S/C33H32N8O3/c1-43-28-17-21(30-29-31(34)36-19-37-32(29)41(40-30)23-11-13-35-14-12-23)8-10-26(28)39-33(42)27-16-22-15-20(7-9-25(22)38-27)18-44-24-5-3-2-4-6-24/h2-10,15-17,19,23,35,38H,11-14,18H2,1H3,(H,39,42)(H2,34,36,37)/p+1. The summed E-state index contributed by atoms with van der Waals surface area (Å²) in [6.07, 6.45) is 3.49. The number of ether oxygens (including phenoxy) is 2. The van der Waals surface area contributed by atoms with Crippen LogP contribution in [0.15, 0.2) is 79.1 Å². The number of carbonyl (C=O) groups excluding carboxylic acids is 1. The molecule has 1 aliphatic rings. The number of fused-ring (bicyclic) bond motifs is 2. The van der Waals surface area contributed by atoms with Gasteiger partial charge in [0.05, 0.1) is 37.3 Å². The Morgan fingerprint density at radius 3 is 2.73 bits per heavy atom. The summed E-state index contributed by atoms with van der Waals surface area (Å²) in [5, 5.41) is 11.9. The fourth-order valence-electron chi connectivity index (χ4n) is 5.81. The van der Waals surface area contributed by atoms with Crippen molar-refractivity contribution in [2.45, 2.75) is 25.5 Å². The van der Waals surface area contributed by atoms with Crippen LogP contribution < -0.4 is 25.8 Å². The number of nitrogen functional groups attached to an aromatic ring is 1. The molecule has 0 saturated carbocycles. The van der Waals surface area contributed by atoms with Gasteiger partial charge in [-0.2, -0.15) is 5.10 Å². The van der Waals surface area contributed by atoms with E-state index in [-0.39, 0.29) is 11.9 Å². The summed E-state index contributed by atoms with van der Waals surface area (Å²) in [5.41, 5.74) is 11.4. The van der Waals surface area contributed by atoms with Crippen LogP contribution in [0.4, 0.5) is 11.5 Å². The molecule has 4 heterocycles. The van der Waals surface area contributed by atoms with Crippen molar-refractivity contribution in [2.75, 3.05) is 31.2 Å². The zero-order valence-corrected chi connectivity index (χ0v) is 24.3. The summed E-state index contributed by atoms with van der Waals surface area (Å²) in [6.45, 7) is 2.52. The third-order valence-electron chi connectivity index (χ3n) is 8.07. The molecule has 1 fully saturated rings. The van der Waals surface area contributed by atoms with Gasteiger partial charge in [0.2, 0.25) is 0 Å². The van der Waals surface area contributed by atoms with Crippen molar-refractivity contribution in [3.05, 3.63) is 90.4 Å². The number of aromatic nitrogens is 5. The number of hydrogen-bond donors (Lipinski definition) is 4. The number of nitrogens with zero attached hydrogens (tertiary/aromatic N) is 4. The van der Waals surface area contributed by atoms with E-state index in [9.17, 15) is 4.79 Å². The predicted octanol–water partition coefficient (Wildman–Crippen LogP) is 4.30. The lowest BCUT2D eigenvalue weighted by atomic mass is 10.1. The van der Waals surface area contributed by atoms with Crippen molar-refractivity contribution in [3.63, 3.8) is 0 Å². The van der Waals surface area contributed by atoms with Crippen LogP contribution in [-0.4, -0.2) is 50.8 Å². The molecule has 0 radical (unpaired) electrons. The van der Waals surface area contributed by atoms with E-state index in [1.54, 1.807) is 7.11 Å². The fourth-order valence-corrected chi connectivity index (χ4v) is 5.81. The van der Waals surface area contributed by atoms with Gasteiger partial charge in [-0.1, -0.05) is 30.3 Å². The summed E-state index contributed by atoms with van der Waals surface area (Å²) >= 11 is 0. The number of rotatable bonds is 8. The second kappa shape index (κ2) is 11.7. The van der Waals surface area contributed by atoms with Crippen LogP contribution in [0.1, 0.15) is 34.9 Å². The average Bonchev–Trinajstić information content (AvgIpc) is 3.68. The number of amides is 1. The first-order chi connectivity index (χ1) is 21.6. The van der Waals surface area contributed by atoms with E-state index in [0.717, 1.165) is 59.4 Å². The number of nitrogens with two attached hydrogens (primary N) is 2. The summed E-state index contributed by atoms with van der Waals surface area (Å²) < 4.78 is 13.6. The van der Waals surface area contributed by atoms with Crippen LogP contribution in [0.3, 0.4) is 0 Å². The lowest BCUT2D eigenvalue weighted by Gasteiger charge is -2.21. The number of methoxy groups -OCH3 is 1. The largest absolute Gasteiger partial charge is 0.495 e. The Labute approximate surface area is 253 Å². The first kappa shape index (κ1) is 27.4. The quantitative estimate of drug-likeness (QED) is 0.207. The van der Waals surface area contributed by atoms with E-state index in [0.29, 0.717) is 40.6 Å². The van der Waals surface area contributed by atoms with Gasteiger partial charge in [0, 0.05) is 29.3 Å². The minimum absolute atomic E-state index is 0.245. The van der Waals surface area contributed by atoms with Gasteiger partial charge >= 0.3 is 0 Å². The molecule has 11 heteroatoms. The number of nitrogens with one attached hydrogen (secondary N) is 2.